The second kappa shape index (κ2) is 6.37. The molecule has 1 N–H and O–H groups in total. The Hall–Kier alpha value is -1.06. The highest BCUT2D eigenvalue weighted by Crippen LogP contribution is 2.45. The van der Waals surface area contributed by atoms with E-state index in [-0.39, 0.29) is 35.2 Å². The van der Waals surface area contributed by atoms with Crippen molar-refractivity contribution in [3.05, 3.63) is 0 Å². The average molecular weight is 294 g/mol. The van der Waals surface area contributed by atoms with Gasteiger partial charge < -0.3 is 10.2 Å². The summed E-state index contributed by atoms with van der Waals surface area (Å²) in [6, 6.07) is -0.610. The predicted molar refractivity (Wildman–Crippen MR) is 83.8 cm³/mol. The molecule has 0 aromatic heterocycles. The Bertz CT molecular complexity index is 396. The van der Waals surface area contributed by atoms with Crippen LogP contribution in [0, 0.1) is 11.3 Å². The molecule has 0 spiro atoms. The van der Waals surface area contributed by atoms with Crippen molar-refractivity contribution in [3.63, 3.8) is 0 Å². The quantitative estimate of drug-likeness (QED) is 0.819. The lowest BCUT2D eigenvalue weighted by Crippen LogP contribution is -2.66. The first kappa shape index (κ1) is 16.3. The maximum atomic E-state index is 12.8. The molecule has 2 rings (SSSR count). The summed E-state index contributed by atoms with van der Waals surface area (Å²) in [5, 5.41) is 2.94. The zero-order valence-corrected chi connectivity index (χ0v) is 13.9. The highest BCUT2D eigenvalue weighted by Gasteiger charge is 2.46. The van der Waals surface area contributed by atoms with Crippen molar-refractivity contribution in [1.29, 1.82) is 0 Å². The van der Waals surface area contributed by atoms with Gasteiger partial charge in [-0.15, -0.1) is 0 Å². The Kier molecular flexibility index (Phi) is 4.95. The van der Waals surface area contributed by atoms with Crippen LogP contribution >= 0.6 is 0 Å². The zero-order chi connectivity index (χ0) is 15.6. The van der Waals surface area contributed by atoms with Gasteiger partial charge in [-0.1, -0.05) is 40.5 Å². The van der Waals surface area contributed by atoms with Crippen LogP contribution in [0.2, 0.25) is 0 Å². The van der Waals surface area contributed by atoms with Crippen molar-refractivity contribution in [2.24, 2.45) is 11.3 Å². The van der Waals surface area contributed by atoms with Crippen LogP contribution in [-0.4, -0.2) is 35.3 Å². The third-order valence-corrected chi connectivity index (χ3v) is 5.38. The summed E-state index contributed by atoms with van der Waals surface area (Å²) >= 11 is 0. The third kappa shape index (κ3) is 3.09. The van der Waals surface area contributed by atoms with Gasteiger partial charge >= 0.3 is 0 Å². The summed E-state index contributed by atoms with van der Waals surface area (Å²) in [5.74, 6) is 0.328. The fraction of sp³-hybridized carbons (Fsp3) is 0.882. The van der Waals surface area contributed by atoms with Crippen molar-refractivity contribution < 1.29 is 9.59 Å². The molecule has 1 aliphatic carbocycles. The van der Waals surface area contributed by atoms with Gasteiger partial charge in [-0.2, -0.15) is 0 Å². The molecule has 4 heteroatoms. The Morgan fingerprint density at radius 2 is 1.95 bits per heavy atom. The first-order chi connectivity index (χ1) is 9.94. The maximum absolute atomic E-state index is 12.8. The van der Waals surface area contributed by atoms with E-state index in [1.807, 2.05) is 18.7 Å². The van der Waals surface area contributed by atoms with Crippen molar-refractivity contribution in [3.8, 4) is 0 Å². The van der Waals surface area contributed by atoms with Crippen molar-refractivity contribution in [2.75, 3.05) is 6.54 Å². The molecule has 0 radical (unpaired) electrons. The van der Waals surface area contributed by atoms with Crippen molar-refractivity contribution >= 4 is 11.8 Å². The first-order valence-corrected chi connectivity index (χ1v) is 8.55. The van der Waals surface area contributed by atoms with E-state index < -0.39 is 0 Å². The van der Waals surface area contributed by atoms with Crippen LogP contribution in [0.25, 0.3) is 0 Å². The zero-order valence-electron chi connectivity index (χ0n) is 13.9. The molecule has 2 aliphatic rings. The lowest BCUT2D eigenvalue weighted by atomic mass is 9.66. The lowest BCUT2D eigenvalue weighted by molar-refractivity contribution is -0.154. The van der Waals surface area contributed by atoms with E-state index in [9.17, 15) is 9.59 Å². The predicted octanol–water partition coefficient (Wildman–Crippen LogP) is 2.72. The van der Waals surface area contributed by atoms with Gasteiger partial charge in [0.2, 0.25) is 11.8 Å². The summed E-state index contributed by atoms with van der Waals surface area (Å²) in [6.45, 7) is 9.09. The summed E-state index contributed by atoms with van der Waals surface area (Å²) in [7, 11) is 0. The Balaban J connectivity index is 2.21. The number of rotatable bonds is 6. The molecule has 2 fully saturated rings. The molecule has 1 saturated heterocycles. The first-order valence-electron chi connectivity index (χ1n) is 8.55. The molecule has 120 valence electrons. The van der Waals surface area contributed by atoms with E-state index >= 15 is 0 Å². The molecular weight excluding hydrogens is 264 g/mol. The molecule has 2 unspecified atom stereocenters. The average Bonchev–Trinajstić information content (AvgIpc) is 2.38. The molecule has 2 amide bonds. The van der Waals surface area contributed by atoms with Crippen LogP contribution < -0.4 is 5.32 Å². The highest BCUT2D eigenvalue weighted by molar-refractivity contribution is 5.97. The van der Waals surface area contributed by atoms with Crippen molar-refractivity contribution in [1.82, 2.24) is 10.2 Å². The summed E-state index contributed by atoms with van der Waals surface area (Å²) in [4.78, 5) is 27.2. The van der Waals surface area contributed by atoms with Crippen molar-refractivity contribution in [2.45, 2.75) is 78.3 Å². The highest BCUT2D eigenvalue weighted by atomic mass is 16.2. The maximum Gasteiger partial charge on any atom is 0.245 e. The van der Waals surface area contributed by atoms with Gasteiger partial charge in [0.15, 0.2) is 0 Å². The lowest BCUT2D eigenvalue weighted by Gasteiger charge is -2.49. The van der Waals surface area contributed by atoms with Gasteiger partial charge in [0, 0.05) is 6.54 Å². The Morgan fingerprint density at radius 3 is 2.38 bits per heavy atom. The fourth-order valence-electron chi connectivity index (χ4n) is 3.78. The van der Waals surface area contributed by atoms with E-state index in [1.165, 1.54) is 19.3 Å². The van der Waals surface area contributed by atoms with Gasteiger partial charge in [0.25, 0.3) is 0 Å². The van der Waals surface area contributed by atoms with Crippen LogP contribution in [-0.2, 0) is 9.59 Å². The minimum Gasteiger partial charge on any atom is -0.342 e. The number of amides is 2. The molecule has 21 heavy (non-hydrogen) atoms. The number of carbonyl (C=O) groups is 2. The monoisotopic (exact) mass is 294 g/mol. The summed E-state index contributed by atoms with van der Waals surface area (Å²) in [6.07, 6.45) is 6.39. The molecule has 1 heterocycles. The normalized spacial score (nSPS) is 28.5. The van der Waals surface area contributed by atoms with Crippen LogP contribution in [0.4, 0.5) is 0 Å². The van der Waals surface area contributed by atoms with Crippen LogP contribution in [0.5, 0.6) is 0 Å². The van der Waals surface area contributed by atoms with Gasteiger partial charge in [0.05, 0.1) is 0 Å². The second-order valence-corrected chi connectivity index (χ2v) is 7.21. The number of nitrogens with one attached hydrogen (secondary N) is 1. The molecule has 0 aromatic carbocycles. The smallest absolute Gasteiger partial charge is 0.245 e. The van der Waals surface area contributed by atoms with E-state index in [0.717, 1.165) is 25.8 Å². The largest absolute Gasteiger partial charge is 0.342 e. The van der Waals surface area contributed by atoms with Gasteiger partial charge in [-0.25, -0.2) is 0 Å². The summed E-state index contributed by atoms with van der Waals surface area (Å²) < 4.78 is 0. The molecule has 1 aliphatic heterocycles. The van der Waals surface area contributed by atoms with E-state index in [0.29, 0.717) is 0 Å². The summed E-state index contributed by atoms with van der Waals surface area (Å²) in [5.41, 5.74) is 0.261. The van der Waals surface area contributed by atoms with Gasteiger partial charge in [0.1, 0.15) is 12.1 Å². The van der Waals surface area contributed by atoms with Crippen LogP contribution in [0.15, 0.2) is 0 Å². The van der Waals surface area contributed by atoms with E-state index in [1.54, 1.807) is 0 Å². The molecule has 4 nitrogen and oxygen atoms in total. The molecule has 0 aromatic rings. The third-order valence-electron chi connectivity index (χ3n) is 5.38. The van der Waals surface area contributed by atoms with Gasteiger partial charge in [-0.3, -0.25) is 9.59 Å². The SMILES string of the molecule is CCCC1NC(=O)C(C(C)C)N(CC2(CC)CCC2)C1=O. The molecule has 1 saturated carbocycles. The number of hydrogen-bond donors (Lipinski definition) is 1. The minimum absolute atomic E-state index is 0.0358. The number of piperazine rings is 1. The van der Waals surface area contributed by atoms with Crippen LogP contribution in [0.1, 0.15) is 66.2 Å². The van der Waals surface area contributed by atoms with Gasteiger partial charge in [-0.05, 0) is 37.0 Å². The molecular formula is C17H30N2O2. The number of nitrogens with zero attached hydrogens (tertiary/aromatic N) is 1. The molecule has 0 bridgehead atoms. The number of hydrogen-bond acceptors (Lipinski definition) is 2. The number of carbonyl (C=O) groups excluding carboxylic acids is 2. The minimum atomic E-state index is -0.313. The second-order valence-electron chi connectivity index (χ2n) is 7.21. The molecule has 2 atom stereocenters. The topological polar surface area (TPSA) is 49.4 Å². The Morgan fingerprint density at radius 1 is 1.29 bits per heavy atom. The van der Waals surface area contributed by atoms with Crippen LogP contribution in [0.3, 0.4) is 0 Å². The van der Waals surface area contributed by atoms with E-state index in [2.05, 4.69) is 19.2 Å². The fourth-order valence-corrected chi connectivity index (χ4v) is 3.78. The standard InChI is InChI=1S/C17H30N2O2/c1-5-8-13-16(21)19(11-17(6-2)9-7-10-17)14(12(3)4)15(20)18-13/h12-14H,5-11H2,1-4H3,(H,18,20). The Labute approximate surface area is 128 Å². The van der Waals surface area contributed by atoms with E-state index in [4.69, 9.17) is 0 Å².